The zero-order chi connectivity index (χ0) is 13.8. The highest BCUT2D eigenvalue weighted by molar-refractivity contribution is 5.96. The monoisotopic (exact) mass is 259 g/mol. The maximum atomic E-state index is 11.7. The Bertz CT molecular complexity index is 606. The number of amides is 2. The first-order valence-corrected chi connectivity index (χ1v) is 5.54. The third kappa shape index (κ3) is 3.09. The van der Waals surface area contributed by atoms with E-state index in [2.05, 4.69) is 10.4 Å². The van der Waals surface area contributed by atoms with Crippen LogP contribution in [0.1, 0.15) is 10.5 Å². The molecule has 1 aromatic carbocycles. The van der Waals surface area contributed by atoms with Crippen molar-refractivity contribution < 1.29 is 9.59 Å². The van der Waals surface area contributed by atoms with Gasteiger partial charge in [0, 0.05) is 11.9 Å². The van der Waals surface area contributed by atoms with Gasteiger partial charge in [-0.2, -0.15) is 5.10 Å². The molecule has 19 heavy (non-hydrogen) atoms. The number of benzene rings is 1. The van der Waals surface area contributed by atoms with E-state index < -0.39 is 5.91 Å². The highest BCUT2D eigenvalue weighted by Crippen LogP contribution is 2.09. The van der Waals surface area contributed by atoms with Crippen LogP contribution in [0, 0.1) is 0 Å². The second-order valence-corrected chi connectivity index (χ2v) is 3.91. The smallest absolute Gasteiger partial charge is 0.271 e. The Labute approximate surface area is 109 Å². The van der Waals surface area contributed by atoms with E-state index in [4.69, 9.17) is 11.5 Å². The molecule has 1 heterocycles. The number of aromatic nitrogens is 2. The number of hydrogen-bond donors (Lipinski definition) is 3. The summed E-state index contributed by atoms with van der Waals surface area (Å²) in [4.78, 5) is 22.7. The predicted octanol–water partition coefficient (Wildman–Crippen LogP) is 0.203. The lowest BCUT2D eigenvalue weighted by molar-refractivity contribution is -0.116. The number of carbonyl (C=O) groups is 2. The van der Waals surface area contributed by atoms with Crippen LogP contribution < -0.4 is 16.8 Å². The van der Waals surface area contributed by atoms with E-state index in [-0.39, 0.29) is 23.8 Å². The molecule has 0 spiro atoms. The molecular formula is C12H13N5O2. The Morgan fingerprint density at radius 2 is 1.95 bits per heavy atom. The Morgan fingerprint density at radius 3 is 2.53 bits per heavy atom. The third-order valence-electron chi connectivity index (χ3n) is 2.39. The van der Waals surface area contributed by atoms with Crippen molar-refractivity contribution >= 4 is 23.2 Å². The molecule has 1 aromatic heterocycles. The van der Waals surface area contributed by atoms with Gasteiger partial charge in [-0.15, -0.1) is 0 Å². The van der Waals surface area contributed by atoms with Gasteiger partial charge in [-0.1, -0.05) is 18.2 Å². The first kappa shape index (κ1) is 12.6. The molecule has 7 heteroatoms. The van der Waals surface area contributed by atoms with Crippen LogP contribution in [0.5, 0.6) is 0 Å². The molecule has 0 unspecified atom stereocenters. The van der Waals surface area contributed by atoms with Gasteiger partial charge in [0.15, 0.2) is 5.69 Å². The summed E-state index contributed by atoms with van der Waals surface area (Å²) in [5.74, 6) is -0.996. The van der Waals surface area contributed by atoms with Crippen LogP contribution in [0.3, 0.4) is 0 Å². The molecule has 2 amide bonds. The van der Waals surface area contributed by atoms with Gasteiger partial charge >= 0.3 is 0 Å². The molecule has 0 fully saturated rings. The Hall–Kier alpha value is -2.83. The molecule has 0 saturated carbocycles. The molecule has 0 aliphatic rings. The van der Waals surface area contributed by atoms with Crippen LogP contribution >= 0.6 is 0 Å². The number of nitrogens with one attached hydrogen (secondary N) is 1. The van der Waals surface area contributed by atoms with Crippen LogP contribution in [0.4, 0.5) is 11.4 Å². The number of anilines is 2. The number of rotatable bonds is 4. The minimum atomic E-state index is -0.722. The number of para-hydroxylation sites is 1. The first-order valence-electron chi connectivity index (χ1n) is 5.54. The summed E-state index contributed by atoms with van der Waals surface area (Å²) in [6.07, 6.45) is 1.39. The second kappa shape index (κ2) is 5.21. The van der Waals surface area contributed by atoms with Crippen LogP contribution in [0.15, 0.2) is 36.5 Å². The van der Waals surface area contributed by atoms with E-state index >= 15 is 0 Å². The zero-order valence-corrected chi connectivity index (χ0v) is 10.0. The van der Waals surface area contributed by atoms with Crippen molar-refractivity contribution in [1.82, 2.24) is 9.78 Å². The molecule has 5 N–H and O–H groups in total. The Morgan fingerprint density at radius 1 is 1.26 bits per heavy atom. The van der Waals surface area contributed by atoms with E-state index in [0.717, 1.165) is 0 Å². The van der Waals surface area contributed by atoms with Gasteiger partial charge in [-0.3, -0.25) is 14.3 Å². The topological polar surface area (TPSA) is 116 Å². The normalized spacial score (nSPS) is 10.1. The maximum Gasteiger partial charge on any atom is 0.271 e. The number of carbonyl (C=O) groups excluding carboxylic acids is 2. The molecule has 0 atom stereocenters. The fourth-order valence-corrected chi connectivity index (χ4v) is 1.58. The highest BCUT2D eigenvalue weighted by Gasteiger charge is 2.13. The summed E-state index contributed by atoms with van der Waals surface area (Å²) < 4.78 is 1.27. The average molecular weight is 259 g/mol. The SMILES string of the molecule is NC(=O)c1nn(CC(=O)Nc2ccccc2)cc1N. The van der Waals surface area contributed by atoms with Gasteiger partial charge in [-0.05, 0) is 12.1 Å². The molecule has 0 saturated heterocycles. The minimum Gasteiger partial charge on any atom is -0.396 e. The van der Waals surface area contributed by atoms with Crippen LogP contribution in [-0.4, -0.2) is 21.6 Å². The van der Waals surface area contributed by atoms with Crippen molar-refractivity contribution in [2.45, 2.75) is 6.54 Å². The molecule has 7 nitrogen and oxygen atoms in total. The van der Waals surface area contributed by atoms with Crippen LogP contribution in [0.2, 0.25) is 0 Å². The third-order valence-corrected chi connectivity index (χ3v) is 2.39. The van der Waals surface area contributed by atoms with Gasteiger partial charge in [0.1, 0.15) is 6.54 Å². The molecular weight excluding hydrogens is 246 g/mol. The largest absolute Gasteiger partial charge is 0.396 e. The van der Waals surface area contributed by atoms with Crippen molar-refractivity contribution in [3.05, 3.63) is 42.2 Å². The number of hydrogen-bond acceptors (Lipinski definition) is 4. The molecule has 98 valence electrons. The molecule has 0 aliphatic heterocycles. The van der Waals surface area contributed by atoms with Crippen molar-refractivity contribution in [3.8, 4) is 0 Å². The molecule has 0 radical (unpaired) electrons. The van der Waals surface area contributed by atoms with E-state index in [9.17, 15) is 9.59 Å². The summed E-state index contributed by atoms with van der Waals surface area (Å²) in [6, 6.07) is 9.01. The zero-order valence-electron chi connectivity index (χ0n) is 10.0. The summed E-state index contributed by atoms with van der Waals surface area (Å²) in [5, 5.41) is 6.54. The Balaban J connectivity index is 2.03. The van der Waals surface area contributed by atoms with Crippen molar-refractivity contribution in [2.24, 2.45) is 5.73 Å². The van der Waals surface area contributed by atoms with Crippen LogP contribution in [0.25, 0.3) is 0 Å². The minimum absolute atomic E-state index is 0.0347. The summed E-state index contributed by atoms with van der Waals surface area (Å²) in [5.41, 5.74) is 11.4. The van der Waals surface area contributed by atoms with E-state index in [1.165, 1.54) is 10.9 Å². The van der Waals surface area contributed by atoms with Gasteiger partial charge in [0.2, 0.25) is 5.91 Å². The number of nitrogens with two attached hydrogens (primary N) is 2. The summed E-state index contributed by atoms with van der Waals surface area (Å²) >= 11 is 0. The van der Waals surface area contributed by atoms with Crippen molar-refractivity contribution in [1.29, 1.82) is 0 Å². The highest BCUT2D eigenvalue weighted by atomic mass is 16.2. The quantitative estimate of drug-likeness (QED) is 0.727. The summed E-state index contributed by atoms with van der Waals surface area (Å²) in [6.45, 7) is -0.0492. The summed E-state index contributed by atoms with van der Waals surface area (Å²) in [7, 11) is 0. The molecule has 2 rings (SSSR count). The van der Waals surface area contributed by atoms with E-state index in [0.29, 0.717) is 5.69 Å². The van der Waals surface area contributed by atoms with Crippen molar-refractivity contribution in [3.63, 3.8) is 0 Å². The number of primary amides is 1. The number of nitrogens with zero attached hydrogens (tertiary/aromatic N) is 2. The van der Waals surface area contributed by atoms with Gasteiger partial charge < -0.3 is 16.8 Å². The van der Waals surface area contributed by atoms with E-state index in [1.54, 1.807) is 12.1 Å². The lowest BCUT2D eigenvalue weighted by Crippen LogP contribution is -2.20. The van der Waals surface area contributed by atoms with E-state index in [1.807, 2.05) is 18.2 Å². The van der Waals surface area contributed by atoms with Gasteiger partial charge in [0.05, 0.1) is 5.69 Å². The predicted molar refractivity (Wildman–Crippen MR) is 70.2 cm³/mol. The molecule has 0 aliphatic carbocycles. The fourth-order valence-electron chi connectivity index (χ4n) is 1.58. The average Bonchev–Trinajstić information content (AvgIpc) is 2.71. The molecule has 2 aromatic rings. The van der Waals surface area contributed by atoms with Gasteiger partial charge in [0.25, 0.3) is 5.91 Å². The standard InChI is InChI=1S/C12H13N5O2/c13-9-6-17(16-11(9)12(14)19)7-10(18)15-8-4-2-1-3-5-8/h1-6H,7,13H2,(H2,14,19)(H,15,18). The van der Waals surface area contributed by atoms with Gasteiger partial charge in [-0.25, -0.2) is 0 Å². The van der Waals surface area contributed by atoms with Crippen LogP contribution in [-0.2, 0) is 11.3 Å². The Kier molecular flexibility index (Phi) is 3.46. The lowest BCUT2D eigenvalue weighted by atomic mass is 10.3. The first-order chi connectivity index (χ1) is 9.06. The maximum absolute atomic E-state index is 11.7. The second-order valence-electron chi connectivity index (χ2n) is 3.91. The van der Waals surface area contributed by atoms with Crippen molar-refractivity contribution in [2.75, 3.05) is 11.1 Å². The number of nitrogen functional groups attached to an aromatic ring is 1. The lowest BCUT2D eigenvalue weighted by Gasteiger charge is -2.04. The fraction of sp³-hybridized carbons (Fsp3) is 0.0833. The molecule has 0 bridgehead atoms.